The van der Waals surface area contributed by atoms with E-state index in [4.69, 9.17) is 13.7 Å². The van der Waals surface area contributed by atoms with Crippen LogP contribution in [0.4, 0.5) is 8.78 Å². The second-order valence-electron chi connectivity index (χ2n) is 6.17. The number of carbonyl (C=O) groups excluding carboxylic acids is 1. The average Bonchev–Trinajstić information content (AvgIpc) is 3.30. The Morgan fingerprint density at radius 2 is 2.11 bits per heavy atom. The Kier molecular flexibility index (Phi) is 6.13. The highest BCUT2D eigenvalue weighted by Gasteiger charge is 2.19. The number of ether oxygens (including phenoxy) is 1. The third kappa shape index (κ3) is 4.79. The molecule has 0 bridgehead atoms. The predicted octanol–water partition coefficient (Wildman–Crippen LogP) is 4.19. The Bertz CT molecular complexity index is 954. The number of nitrogens with zero attached hydrogens (tertiary/aromatic N) is 3. The normalized spacial score (nSPS) is 12.1. The molecule has 1 atom stereocenters. The van der Waals surface area contributed by atoms with Crippen LogP contribution < -0.4 is 0 Å². The Hall–Kier alpha value is -3.10. The van der Waals surface area contributed by atoms with Gasteiger partial charge in [0.1, 0.15) is 11.6 Å². The first-order chi connectivity index (χ1) is 13.5. The van der Waals surface area contributed by atoms with Crippen molar-refractivity contribution < 1.29 is 27.3 Å². The van der Waals surface area contributed by atoms with Crippen molar-refractivity contribution in [2.24, 2.45) is 0 Å². The standard InChI is InChI=1S/C19H19F2N3O4/c1-3-4-16-23-19(28-24-16)11(2)26-18(25)8-7-17-22-10-15(27-17)13-6-5-12(20)9-14(13)21/h5-6,9-11H,3-4,7-8H2,1-2H3. The summed E-state index contributed by atoms with van der Waals surface area (Å²) in [5, 5.41) is 3.82. The van der Waals surface area contributed by atoms with E-state index in [1.807, 2.05) is 6.92 Å². The number of hydrogen-bond donors (Lipinski definition) is 0. The van der Waals surface area contributed by atoms with Gasteiger partial charge in [-0.15, -0.1) is 0 Å². The molecule has 7 nitrogen and oxygen atoms in total. The fourth-order valence-corrected chi connectivity index (χ4v) is 2.51. The number of esters is 1. The Balaban J connectivity index is 1.54. The Morgan fingerprint density at radius 3 is 2.86 bits per heavy atom. The van der Waals surface area contributed by atoms with E-state index in [1.54, 1.807) is 6.92 Å². The quantitative estimate of drug-likeness (QED) is 0.532. The zero-order valence-electron chi connectivity index (χ0n) is 15.4. The van der Waals surface area contributed by atoms with E-state index in [0.29, 0.717) is 12.2 Å². The molecule has 0 saturated carbocycles. The number of aryl methyl sites for hydroxylation is 2. The number of rotatable bonds is 8. The highest BCUT2D eigenvalue weighted by Crippen LogP contribution is 2.25. The van der Waals surface area contributed by atoms with Crippen LogP contribution in [-0.2, 0) is 22.4 Å². The van der Waals surface area contributed by atoms with Gasteiger partial charge in [-0.05, 0) is 25.5 Å². The van der Waals surface area contributed by atoms with Gasteiger partial charge < -0.3 is 13.7 Å². The van der Waals surface area contributed by atoms with Crippen molar-refractivity contribution in [1.29, 1.82) is 0 Å². The van der Waals surface area contributed by atoms with Crippen LogP contribution in [0.3, 0.4) is 0 Å². The fraction of sp³-hybridized carbons (Fsp3) is 0.368. The molecule has 3 rings (SSSR count). The summed E-state index contributed by atoms with van der Waals surface area (Å²) in [7, 11) is 0. The van der Waals surface area contributed by atoms with Gasteiger partial charge in [-0.2, -0.15) is 4.98 Å². The first-order valence-corrected chi connectivity index (χ1v) is 8.88. The molecule has 3 aromatic rings. The third-order valence-electron chi connectivity index (χ3n) is 3.91. The van der Waals surface area contributed by atoms with E-state index in [1.165, 1.54) is 12.3 Å². The van der Waals surface area contributed by atoms with E-state index in [9.17, 15) is 13.6 Å². The number of hydrogen-bond acceptors (Lipinski definition) is 7. The van der Waals surface area contributed by atoms with Gasteiger partial charge in [-0.25, -0.2) is 13.8 Å². The van der Waals surface area contributed by atoms with Crippen LogP contribution in [0.2, 0.25) is 0 Å². The van der Waals surface area contributed by atoms with Gasteiger partial charge >= 0.3 is 5.97 Å². The van der Waals surface area contributed by atoms with Gasteiger partial charge in [-0.1, -0.05) is 12.1 Å². The lowest BCUT2D eigenvalue weighted by atomic mass is 10.2. The van der Waals surface area contributed by atoms with Gasteiger partial charge in [0.2, 0.25) is 0 Å². The molecule has 148 valence electrons. The molecule has 28 heavy (non-hydrogen) atoms. The van der Waals surface area contributed by atoms with Gasteiger partial charge in [0.05, 0.1) is 18.2 Å². The average molecular weight is 391 g/mol. The lowest BCUT2D eigenvalue weighted by Gasteiger charge is -2.08. The largest absolute Gasteiger partial charge is 0.453 e. The van der Waals surface area contributed by atoms with Crippen molar-refractivity contribution in [2.75, 3.05) is 0 Å². The maximum atomic E-state index is 13.8. The summed E-state index contributed by atoms with van der Waals surface area (Å²) in [6, 6.07) is 3.16. The van der Waals surface area contributed by atoms with E-state index in [2.05, 4.69) is 15.1 Å². The fourth-order valence-electron chi connectivity index (χ4n) is 2.51. The molecule has 0 fully saturated rings. The van der Waals surface area contributed by atoms with Crippen molar-refractivity contribution in [2.45, 2.75) is 45.6 Å². The molecule has 0 saturated heterocycles. The van der Waals surface area contributed by atoms with Crippen molar-refractivity contribution in [3.63, 3.8) is 0 Å². The Labute approximate surface area is 159 Å². The second-order valence-corrected chi connectivity index (χ2v) is 6.17. The maximum Gasteiger partial charge on any atom is 0.307 e. The van der Waals surface area contributed by atoms with Crippen LogP contribution in [0.1, 0.15) is 50.4 Å². The van der Waals surface area contributed by atoms with Crippen LogP contribution in [0.25, 0.3) is 11.3 Å². The van der Waals surface area contributed by atoms with E-state index in [-0.39, 0.29) is 35.9 Å². The maximum absolute atomic E-state index is 13.8. The molecule has 0 aliphatic rings. The van der Waals surface area contributed by atoms with Crippen LogP contribution >= 0.6 is 0 Å². The highest BCUT2D eigenvalue weighted by molar-refractivity contribution is 5.69. The zero-order valence-corrected chi connectivity index (χ0v) is 15.4. The minimum Gasteiger partial charge on any atom is -0.453 e. The molecular formula is C19H19F2N3O4. The molecule has 0 N–H and O–H groups in total. The van der Waals surface area contributed by atoms with Crippen molar-refractivity contribution >= 4 is 5.97 Å². The molecule has 0 radical (unpaired) electrons. The minimum absolute atomic E-state index is 0.00610. The summed E-state index contributed by atoms with van der Waals surface area (Å²) in [5.41, 5.74) is 0.0932. The number of aromatic nitrogens is 3. The van der Waals surface area contributed by atoms with Crippen LogP contribution in [0.15, 0.2) is 33.3 Å². The Morgan fingerprint density at radius 1 is 1.29 bits per heavy atom. The monoisotopic (exact) mass is 391 g/mol. The smallest absolute Gasteiger partial charge is 0.307 e. The molecule has 9 heteroatoms. The lowest BCUT2D eigenvalue weighted by molar-refractivity contribution is -0.149. The van der Waals surface area contributed by atoms with E-state index < -0.39 is 23.7 Å². The van der Waals surface area contributed by atoms with Gasteiger partial charge in [0, 0.05) is 18.9 Å². The molecule has 2 heterocycles. The number of halogens is 2. The molecule has 0 spiro atoms. The van der Waals surface area contributed by atoms with Crippen molar-refractivity contribution in [3.8, 4) is 11.3 Å². The predicted molar refractivity (Wildman–Crippen MR) is 93.0 cm³/mol. The molecule has 1 unspecified atom stereocenters. The van der Waals surface area contributed by atoms with Gasteiger partial charge in [-0.3, -0.25) is 4.79 Å². The molecule has 0 amide bonds. The first kappa shape index (κ1) is 19.7. The van der Waals surface area contributed by atoms with Crippen molar-refractivity contribution in [3.05, 3.63) is 53.6 Å². The summed E-state index contributed by atoms with van der Waals surface area (Å²) in [6.45, 7) is 3.64. The minimum atomic E-state index is -0.752. The molecule has 0 aliphatic carbocycles. The SMILES string of the molecule is CCCc1noc(C(C)OC(=O)CCc2ncc(-c3ccc(F)cc3F)o2)n1. The summed E-state index contributed by atoms with van der Waals surface area (Å²) >= 11 is 0. The van der Waals surface area contributed by atoms with Gasteiger partial charge in [0.15, 0.2) is 23.6 Å². The van der Waals surface area contributed by atoms with Gasteiger partial charge in [0.25, 0.3) is 5.89 Å². The van der Waals surface area contributed by atoms with Crippen molar-refractivity contribution in [1.82, 2.24) is 15.1 Å². The lowest BCUT2D eigenvalue weighted by Crippen LogP contribution is -2.10. The van der Waals surface area contributed by atoms with Crippen LogP contribution in [0, 0.1) is 11.6 Å². The summed E-state index contributed by atoms with van der Waals surface area (Å²) in [6.07, 6.45) is 2.40. The molecular weight excluding hydrogens is 372 g/mol. The highest BCUT2D eigenvalue weighted by atomic mass is 19.1. The zero-order chi connectivity index (χ0) is 20.1. The van der Waals surface area contributed by atoms with E-state index >= 15 is 0 Å². The molecule has 1 aromatic carbocycles. The third-order valence-corrected chi connectivity index (χ3v) is 3.91. The van der Waals surface area contributed by atoms with E-state index in [0.717, 1.165) is 18.6 Å². The molecule has 2 aromatic heterocycles. The first-order valence-electron chi connectivity index (χ1n) is 8.88. The topological polar surface area (TPSA) is 91.2 Å². The number of oxazole rings is 1. The summed E-state index contributed by atoms with van der Waals surface area (Å²) in [5.74, 6) is -0.716. The van der Waals surface area contributed by atoms with Crippen LogP contribution in [0.5, 0.6) is 0 Å². The molecule has 0 aliphatic heterocycles. The van der Waals surface area contributed by atoms with Crippen LogP contribution in [-0.4, -0.2) is 21.1 Å². The summed E-state index contributed by atoms with van der Waals surface area (Å²) < 4.78 is 42.6. The summed E-state index contributed by atoms with van der Waals surface area (Å²) in [4.78, 5) is 20.2. The number of benzene rings is 1. The second kappa shape index (κ2) is 8.73. The number of carbonyl (C=O) groups is 1.